The predicted molar refractivity (Wildman–Crippen MR) is 90.7 cm³/mol. The van der Waals surface area contributed by atoms with Crippen molar-refractivity contribution in [2.24, 2.45) is 0 Å². The lowest BCUT2D eigenvalue weighted by Crippen LogP contribution is -2.18. The van der Waals surface area contributed by atoms with Gasteiger partial charge in [-0.25, -0.2) is 0 Å². The van der Waals surface area contributed by atoms with Crippen molar-refractivity contribution >= 4 is 16.9 Å². The minimum atomic E-state index is -0.311. The van der Waals surface area contributed by atoms with E-state index in [9.17, 15) is 4.79 Å². The van der Waals surface area contributed by atoms with E-state index < -0.39 is 0 Å². The van der Waals surface area contributed by atoms with E-state index in [4.69, 9.17) is 9.57 Å². The molecule has 0 radical (unpaired) electrons. The molecule has 2 N–H and O–H groups in total. The number of hydrogen-bond donors (Lipinski definition) is 2. The molecule has 0 aliphatic rings. The number of aromatic amines is 1. The molecule has 6 nitrogen and oxygen atoms in total. The summed E-state index contributed by atoms with van der Waals surface area (Å²) in [4.78, 5) is 16.9. The van der Waals surface area contributed by atoms with Crippen LogP contribution in [0.3, 0.4) is 0 Å². The Kier molecular flexibility index (Phi) is 4.77. The fraction of sp³-hybridized carbons (Fsp3) is 0.222. The highest BCUT2D eigenvalue weighted by Crippen LogP contribution is 2.32. The molecule has 1 atom stereocenters. The number of H-pyrrole nitrogens is 1. The lowest BCUT2D eigenvalue weighted by atomic mass is 9.88. The molecule has 3 aromatic rings. The second-order valence-electron chi connectivity index (χ2n) is 5.38. The Morgan fingerprint density at radius 1 is 1.21 bits per heavy atom. The molecule has 0 amide bonds. The maximum atomic E-state index is 12.0. The van der Waals surface area contributed by atoms with Crippen molar-refractivity contribution in [3.63, 3.8) is 0 Å². The van der Waals surface area contributed by atoms with E-state index in [0.717, 1.165) is 22.0 Å². The van der Waals surface area contributed by atoms with Crippen molar-refractivity contribution in [1.82, 2.24) is 15.7 Å². The molecular formula is C18H19N3O3. The van der Waals surface area contributed by atoms with Crippen LogP contribution in [0.4, 0.5) is 0 Å². The number of methoxy groups -OCH3 is 1. The highest BCUT2D eigenvalue weighted by molar-refractivity contribution is 5.85. The second-order valence-corrected chi connectivity index (χ2v) is 5.38. The van der Waals surface area contributed by atoms with Gasteiger partial charge in [0.15, 0.2) is 0 Å². The molecule has 1 aromatic heterocycles. The molecular weight excluding hydrogens is 306 g/mol. The van der Waals surface area contributed by atoms with Crippen molar-refractivity contribution in [3.8, 4) is 5.88 Å². The van der Waals surface area contributed by atoms with Crippen LogP contribution in [0.5, 0.6) is 5.88 Å². The molecule has 0 fully saturated rings. The SMILES string of the molecule is CNOC(=O)CC(c1ccccc1)c1ccc2c(OC)n[nH]c2c1. The molecule has 3 rings (SSSR count). The minimum Gasteiger partial charge on any atom is -0.480 e. The first-order valence-corrected chi connectivity index (χ1v) is 7.66. The van der Waals surface area contributed by atoms with Gasteiger partial charge in [-0.2, -0.15) is 5.48 Å². The molecule has 6 heteroatoms. The van der Waals surface area contributed by atoms with E-state index in [1.807, 2.05) is 48.5 Å². The van der Waals surface area contributed by atoms with Crippen LogP contribution < -0.4 is 10.2 Å². The summed E-state index contributed by atoms with van der Waals surface area (Å²) in [6.45, 7) is 0. The van der Waals surface area contributed by atoms with Gasteiger partial charge in [0.05, 0.1) is 24.4 Å². The van der Waals surface area contributed by atoms with E-state index in [1.165, 1.54) is 0 Å². The molecule has 1 unspecified atom stereocenters. The van der Waals surface area contributed by atoms with E-state index in [0.29, 0.717) is 5.88 Å². The summed E-state index contributed by atoms with van der Waals surface area (Å²) in [7, 11) is 3.16. The Morgan fingerprint density at radius 2 is 2.00 bits per heavy atom. The first-order valence-electron chi connectivity index (χ1n) is 7.66. The molecule has 0 saturated carbocycles. The molecule has 124 valence electrons. The first kappa shape index (κ1) is 16.0. The van der Waals surface area contributed by atoms with Gasteiger partial charge in [-0.3, -0.25) is 9.89 Å². The third-order valence-electron chi connectivity index (χ3n) is 3.94. The zero-order chi connectivity index (χ0) is 16.9. The number of hydrogen-bond acceptors (Lipinski definition) is 5. The Morgan fingerprint density at radius 3 is 2.71 bits per heavy atom. The van der Waals surface area contributed by atoms with Crippen molar-refractivity contribution < 1.29 is 14.4 Å². The lowest BCUT2D eigenvalue weighted by Gasteiger charge is -2.17. The highest BCUT2D eigenvalue weighted by atomic mass is 16.7. The van der Waals surface area contributed by atoms with Crippen molar-refractivity contribution in [2.45, 2.75) is 12.3 Å². The fourth-order valence-corrected chi connectivity index (χ4v) is 2.82. The summed E-state index contributed by atoms with van der Waals surface area (Å²) in [5.41, 5.74) is 5.36. The largest absolute Gasteiger partial charge is 0.480 e. The summed E-state index contributed by atoms with van der Waals surface area (Å²) in [6, 6.07) is 15.8. The van der Waals surface area contributed by atoms with Crippen LogP contribution in [0.1, 0.15) is 23.5 Å². The number of carbonyl (C=O) groups excluding carboxylic acids is 1. The van der Waals surface area contributed by atoms with Gasteiger partial charge >= 0.3 is 5.97 Å². The summed E-state index contributed by atoms with van der Waals surface area (Å²) in [6.07, 6.45) is 0.238. The second kappa shape index (κ2) is 7.14. The smallest absolute Gasteiger partial charge is 0.325 e. The van der Waals surface area contributed by atoms with E-state index in [-0.39, 0.29) is 18.3 Å². The Hall–Kier alpha value is -2.86. The summed E-state index contributed by atoms with van der Waals surface area (Å²) in [5, 5.41) is 8.00. The van der Waals surface area contributed by atoms with Crippen LogP contribution >= 0.6 is 0 Å². The number of ether oxygens (including phenoxy) is 1. The maximum Gasteiger partial charge on any atom is 0.325 e. The quantitative estimate of drug-likeness (QED) is 0.682. The lowest BCUT2D eigenvalue weighted by molar-refractivity contribution is -0.150. The van der Waals surface area contributed by atoms with Gasteiger partial charge in [0, 0.05) is 13.0 Å². The van der Waals surface area contributed by atoms with Crippen LogP contribution in [0.15, 0.2) is 48.5 Å². The molecule has 0 saturated heterocycles. The normalized spacial score (nSPS) is 12.1. The number of benzene rings is 2. The molecule has 0 aliphatic carbocycles. The molecule has 1 heterocycles. The van der Waals surface area contributed by atoms with Gasteiger partial charge in [-0.15, -0.1) is 5.10 Å². The highest BCUT2D eigenvalue weighted by Gasteiger charge is 2.20. The molecule has 0 aliphatic heterocycles. The van der Waals surface area contributed by atoms with Gasteiger partial charge in [0.25, 0.3) is 0 Å². The number of hydroxylamine groups is 1. The van der Waals surface area contributed by atoms with Crippen LogP contribution in [0, 0.1) is 0 Å². The van der Waals surface area contributed by atoms with Crippen molar-refractivity contribution in [2.75, 3.05) is 14.2 Å². The van der Waals surface area contributed by atoms with Crippen LogP contribution in [0.25, 0.3) is 10.9 Å². The minimum absolute atomic E-state index is 0.106. The number of nitrogens with zero attached hydrogens (tertiary/aromatic N) is 1. The number of rotatable bonds is 6. The Labute approximate surface area is 139 Å². The van der Waals surface area contributed by atoms with Crippen molar-refractivity contribution in [3.05, 3.63) is 59.7 Å². The zero-order valence-electron chi connectivity index (χ0n) is 13.6. The number of fused-ring (bicyclic) bond motifs is 1. The van der Waals surface area contributed by atoms with Crippen LogP contribution in [-0.2, 0) is 9.63 Å². The molecule has 0 spiro atoms. The maximum absolute atomic E-state index is 12.0. The van der Waals surface area contributed by atoms with Crippen LogP contribution in [0.2, 0.25) is 0 Å². The number of nitrogens with one attached hydrogen (secondary N) is 2. The number of carbonyl (C=O) groups is 1. The van der Waals surface area contributed by atoms with E-state index in [2.05, 4.69) is 15.7 Å². The third-order valence-corrected chi connectivity index (χ3v) is 3.94. The van der Waals surface area contributed by atoms with Crippen LogP contribution in [-0.4, -0.2) is 30.3 Å². The molecule has 2 aromatic carbocycles. The molecule has 0 bridgehead atoms. The van der Waals surface area contributed by atoms with E-state index >= 15 is 0 Å². The fourth-order valence-electron chi connectivity index (χ4n) is 2.82. The number of aromatic nitrogens is 2. The summed E-state index contributed by atoms with van der Waals surface area (Å²) < 4.78 is 5.22. The predicted octanol–water partition coefficient (Wildman–Crippen LogP) is 2.77. The topological polar surface area (TPSA) is 76.2 Å². The monoisotopic (exact) mass is 325 g/mol. The Balaban J connectivity index is 1.99. The van der Waals surface area contributed by atoms with Gasteiger partial charge in [-0.1, -0.05) is 36.4 Å². The average molecular weight is 325 g/mol. The van der Waals surface area contributed by atoms with Gasteiger partial charge in [0.1, 0.15) is 0 Å². The first-order chi connectivity index (χ1) is 11.7. The Bertz CT molecular complexity index is 830. The summed E-state index contributed by atoms with van der Waals surface area (Å²) >= 11 is 0. The van der Waals surface area contributed by atoms with Gasteiger partial charge < -0.3 is 9.57 Å². The third kappa shape index (κ3) is 3.23. The molecule has 24 heavy (non-hydrogen) atoms. The van der Waals surface area contributed by atoms with E-state index in [1.54, 1.807) is 14.2 Å². The van der Waals surface area contributed by atoms with Gasteiger partial charge in [0.2, 0.25) is 5.88 Å². The summed E-state index contributed by atoms with van der Waals surface area (Å²) in [5.74, 6) is 0.141. The van der Waals surface area contributed by atoms with Crippen molar-refractivity contribution in [1.29, 1.82) is 0 Å². The standard InChI is InChI=1S/C18H19N3O3/c1-19-24-17(22)11-15(12-6-4-3-5-7-12)13-8-9-14-16(10-13)20-21-18(14)23-2/h3-10,15,19H,11H2,1-2H3,(H,20,21). The average Bonchev–Trinajstić information content (AvgIpc) is 3.03. The zero-order valence-corrected chi connectivity index (χ0v) is 13.6. The van der Waals surface area contributed by atoms with Gasteiger partial charge in [-0.05, 0) is 23.3 Å².